The molecule has 0 aromatic heterocycles. The lowest BCUT2D eigenvalue weighted by Gasteiger charge is -2.25. The van der Waals surface area contributed by atoms with Gasteiger partial charge in [0, 0.05) is 22.2 Å². The molecule has 2 N–H and O–H groups in total. The van der Waals surface area contributed by atoms with Crippen molar-refractivity contribution in [2.24, 2.45) is 4.36 Å². The molecule has 0 saturated carbocycles. The van der Waals surface area contributed by atoms with Gasteiger partial charge in [0.05, 0.1) is 6.04 Å². The van der Waals surface area contributed by atoms with E-state index in [9.17, 15) is 13.8 Å². The molecule has 1 aromatic carbocycles. The van der Waals surface area contributed by atoms with Crippen LogP contribution in [-0.4, -0.2) is 47.9 Å². The molecule has 1 unspecified atom stereocenters. The highest BCUT2D eigenvalue weighted by Gasteiger charge is 2.21. The molecule has 1 heterocycles. The number of carbonyl (C=O) groups excluding carboxylic acids is 2. The average Bonchev–Trinajstić information content (AvgIpc) is 2.43. The molecule has 1 atom stereocenters. The summed E-state index contributed by atoms with van der Waals surface area (Å²) >= 11 is 0. The van der Waals surface area contributed by atoms with E-state index in [2.05, 4.69) is 15.0 Å². The van der Waals surface area contributed by atoms with Crippen LogP contribution in [0.5, 0.6) is 5.75 Å². The number of para-hydroxylation sites is 1. The summed E-state index contributed by atoms with van der Waals surface area (Å²) in [7, 11) is -2.50. The van der Waals surface area contributed by atoms with Gasteiger partial charge in [0.25, 0.3) is 5.91 Å². The first kappa shape index (κ1) is 16.3. The molecule has 1 aliphatic heterocycles. The van der Waals surface area contributed by atoms with Crippen molar-refractivity contribution in [3.05, 3.63) is 29.8 Å². The van der Waals surface area contributed by atoms with Crippen molar-refractivity contribution in [3.8, 4) is 5.75 Å². The van der Waals surface area contributed by atoms with E-state index < -0.39 is 21.7 Å². The highest BCUT2D eigenvalue weighted by molar-refractivity contribution is 7.92. The van der Waals surface area contributed by atoms with Crippen LogP contribution in [-0.2, 0) is 20.9 Å². The smallest absolute Gasteiger partial charge is 0.315 e. The summed E-state index contributed by atoms with van der Waals surface area (Å²) in [6.07, 6.45) is 3.39. The minimum absolute atomic E-state index is 0.163. The fraction of sp³-hybridized carbons (Fsp3) is 0.429. The third kappa shape index (κ3) is 5.03. The predicted octanol–water partition coefficient (Wildman–Crippen LogP) is 0.544. The van der Waals surface area contributed by atoms with Crippen molar-refractivity contribution in [3.63, 3.8) is 0 Å². The number of hydrogen-bond donors (Lipinski definition) is 2. The average molecular weight is 325 g/mol. The third-order valence-electron chi connectivity index (χ3n) is 2.94. The van der Waals surface area contributed by atoms with E-state index in [1.54, 1.807) is 0 Å². The van der Waals surface area contributed by atoms with E-state index in [1.807, 2.05) is 24.3 Å². The summed E-state index contributed by atoms with van der Waals surface area (Å²) < 4.78 is 20.4. The molecule has 0 bridgehead atoms. The number of benzene rings is 1. The van der Waals surface area contributed by atoms with Gasteiger partial charge in [-0.15, -0.1) is 0 Å². The molecule has 8 heteroatoms. The normalized spacial score (nSPS) is 16.9. The largest absolute Gasteiger partial charge is 0.491 e. The van der Waals surface area contributed by atoms with Crippen molar-refractivity contribution in [2.45, 2.75) is 12.5 Å². The summed E-state index contributed by atoms with van der Waals surface area (Å²) in [5.74, 6) is 0.214. The van der Waals surface area contributed by atoms with E-state index in [0.29, 0.717) is 13.0 Å². The Hall–Kier alpha value is -2.09. The number of rotatable bonds is 3. The Morgan fingerprint density at radius 3 is 2.82 bits per heavy atom. The molecular weight excluding hydrogens is 306 g/mol. The first-order chi connectivity index (χ1) is 10.3. The third-order valence-corrected chi connectivity index (χ3v) is 3.58. The van der Waals surface area contributed by atoms with E-state index in [4.69, 9.17) is 4.74 Å². The van der Waals surface area contributed by atoms with Crippen LogP contribution in [0.4, 0.5) is 4.79 Å². The van der Waals surface area contributed by atoms with Crippen LogP contribution in [0.15, 0.2) is 28.6 Å². The Morgan fingerprint density at radius 1 is 1.36 bits per heavy atom. The molecule has 2 rings (SSSR count). The minimum Gasteiger partial charge on any atom is -0.491 e. The molecule has 0 fully saturated rings. The zero-order valence-corrected chi connectivity index (χ0v) is 13.3. The van der Waals surface area contributed by atoms with Gasteiger partial charge in [0.15, 0.2) is 0 Å². The van der Waals surface area contributed by atoms with Crippen LogP contribution in [0.25, 0.3) is 0 Å². The maximum atomic E-state index is 11.8. The Morgan fingerprint density at radius 2 is 2.09 bits per heavy atom. The number of nitrogens with zero attached hydrogens (tertiary/aromatic N) is 1. The lowest BCUT2D eigenvalue weighted by molar-refractivity contribution is -0.116. The first-order valence-corrected chi connectivity index (χ1v) is 9.12. The van der Waals surface area contributed by atoms with Crippen LogP contribution in [0.3, 0.4) is 0 Å². The number of urea groups is 1. The topological polar surface area (TPSA) is 96.9 Å². The Kier molecular flexibility index (Phi) is 5.02. The summed E-state index contributed by atoms with van der Waals surface area (Å²) in [6.45, 7) is 0.0924. The van der Waals surface area contributed by atoms with Crippen molar-refractivity contribution < 1.29 is 18.5 Å². The second-order valence-corrected chi connectivity index (χ2v) is 7.86. The lowest BCUT2D eigenvalue weighted by atomic mass is 10.0. The number of hydrogen-bond acceptors (Lipinski definition) is 4. The summed E-state index contributed by atoms with van der Waals surface area (Å²) in [5.41, 5.74) is 1.03. The van der Waals surface area contributed by atoms with Gasteiger partial charge in [0.1, 0.15) is 18.9 Å². The van der Waals surface area contributed by atoms with E-state index in [0.717, 1.165) is 11.3 Å². The second kappa shape index (κ2) is 6.78. The first-order valence-electron chi connectivity index (χ1n) is 6.78. The van der Waals surface area contributed by atoms with Gasteiger partial charge in [-0.25, -0.2) is 9.00 Å². The van der Waals surface area contributed by atoms with Crippen LogP contribution in [0, 0.1) is 0 Å². The molecule has 0 saturated heterocycles. The second-order valence-electron chi connectivity index (χ2n) is 5.31. The zero-order chi connectivity index (χ0) is 16.2. The Bertz CT molecular complexity index is 687. The standard InChI is InChI=1S/C14H19N3O4S/c1-22(2,20)17-13(18)8-15-14(19)16-11-7-10-5-3-4-6-12(10)21-9-11/h3-6,11H,7-9H2,1-2H3,(H2,15,16,19). The lowest BCUT2D eigenvalue weighted by Crippen LogP contribution is -2.48. The number of nitrogens with one attached hydrogen (secondary N) is 2. The van der Waals surface area contributed by atoms with Gasteiger partial charge in [-0.1, -0.05) is 18.2 Å². The van der Waals surface area contributed by atoms with Gasteiger partial charge in [-0.2, -0.15) is 4.36 Å². The number of fused-ring (bicyclic) bond motifs is 1. The van der Waals surface area contributed by atoms with Crippen molar-refractivity contribution in [1.29, 1.82) is 0 Å². The summed E-state index contributed by atoms with van der Waals surface area (Å²) in [4.78, 5) is 23.2. The van der Waals surface area contributed by atoms with Gasteiger partial charge in [-0.05, 0) is 18.1 Å². The number of ether oxygens (including phenoxy) is 1. The summed E-state index contributed by atoms with van der Waals surface area (Å²) in [6, 6.07) is 7.01. The highest BCUT2D eigenvalue weighted by atomic mass is 32.2. The fourth-order valence-electron chi connectivity index (χ4n) is 2.09. The van der Waals surface area contributed by atoms with Crippen molar-refractivity contribution in [1.82, 2.24) is 10.6 Å². The molecule has 0 aliphatic carbocycles. The molecule has 120 valence electrons. The SMILES string of the molecule is CS(C)(=O)=NC(=O)CNC(=O)NC1COc2ccccc2C1. The fourth-order valence-corrected chi connectivity index (χ4v) is 2.65. The Balaban J connectivity index is 1.82. The van der Waals surface area contributed by atoms with Crippen LogP contribution in [0.2, 0.25) is 0 Å². The zero-order valence-electron chi connectivity index (χ0n) is 12.5. The monoisotopic (exact) mass is 325 g/mol. The minimum atomic E-state index is -2.50. The number of amides is 3. The molecule has 0 radical (unpaired) electrons. The number of carbonyl (C=O) groups is 2. The molecule has 1 aromatic rings. The van der Waals surface area contributed by atoms with Gasteiger partial charge in [-0.3, -0.25) is 4.79 Å². The Labute approximate surface area is 129 Å². The van der Waals surface area contributed by atoms with Gasteiger partial charge < -0.3 is 15.4 Å². The van der Waals surface area contributed by atoms with Gasteiger partial charge in [0.2, 0.25) is 0 Å². The van der Waals surface area contributed by atoms with E-state index in [-0.39, 0.29) is 12.6 Å². The molecule has 7 nitrogen and oxygen atoms in total. The maximum absolute atomic E-state index is 11.8. The predicted molar refractivity (Wildman–Crippen MR) is 83.4 cm³/mol. The molecule has 22 heavy (non-hydrogen) atoms. The van der Waals surface area contributed by atoms with Crippen LogP contribution >= 0.6 is 0 Å². The molecular formula is C14H19N3O4S. The molecule has 3 amide bonds. The van der Waals surface area contributed by atoms with E-state index >= 15 is 0 Å². The van der Waals surface area contributed by atoms with E-state index in [1.165, 1.54) is 12.5 Å². The van der Waals surface area contributed by atoms with Crippen LogP contribution < -0.4 is 15.4 Å². The van der Waals surface area contributed by atoms with Crippen LogP contribution in [0.1, 0.15) is 5.56 Å². The van der Waals surface area contributed by atoms with Gasteiger partial charge >= 0.3 is 6.03 Å². The van der Waals surface area contributed by atoms with Crippen molar-refractivity contribution >= 4 is 21.7 Å². The molecule has 0 spiro atoms. The quantitative estimate of drug-likeness (QED) is 0.848. The maximum Gasteiger partial charge on any atom is 0.315 e. The summed E-state index contributed by atoms with van der Waals surface area (Å²) in [5, 5.41) is 5.14. The highest BCUT2D eigenvalue weighted by Crippen LogP contribution is 2.23. The van der Waals surface area contributed by atoms with Crippen molar-refractivity contribution in [2.75, 3.05) is 25.7 Å². The molecule has 1 aliphatic rings.